The average molecular weight is 305 g/mol. The normalized spacial score (nSPS) is 13.3. The molecule has 0 aromatic heterocycles. The van der Waals surface area contributed by atoms with Gasteiger partial charge in [-0.15, -0.1) is 0 Å². The summed E-state index contributed by atoms with van der Waals surface area (Å²) < 4.78 is 52.4. The molecule has 0 spiro atoms. The molecule has 2 aromatic rings. The monoisotopic (exact) mass is 304 g/mol. The van der Waals surface area contributed by atoms with E-state index in [4.69, 9.17) is 11.6 Å². The molecule has 0 amide bonds. The second kappa shape index (κ2) is 5.42. The summed E-state index contributed by atoms with van der Waals surface area (Å²) in [6.07, 6.45) is -6.38. The third-order valence-corrected chi connectivity index (χ3v) is 3.13. The van der Waals surface area contributed by atoms with E-state index >= 15 is 0 Å². The maximum atomic E-state index is 13.8. The Morgan fingerprint density at radius 2 is 1.55 bits per heavy atom. The number of benzene rings is 2. The molecule has 1 N–H and O–H groups in total. The average Bonchev–Trinajstić information content (AvgIpc) is 2.40. The lowest BCUT2D eigenvalue weighted by Gasteiger charge is -2.18. The summed E-state index contributed by atoms with van der Waals surface area (Å²) in [5.41, 5.74) is -1.72. The van der Waals surface area contributed by atoms with Gasteiger partial charge in [0.15, 0.2) is 0 Å². The maximum absolute atomic E-state index is 13.8. The quantitative estimate of drug-likeness (QED) is 0.805. The van der Waals surface area contributed by atoms with Crippen molar-refractivity contribution in [2.75, 3.05) is 0 Å². The highest BCUT2D eigenvalue weighted by molar-refractivity contribution is 6.30. The van der Waals surface area contributed by atoms with Gasteiger partial charge in [-0.3, -0.25) is 0 Å². The molecule has 0 radical (unpaired) electrons. The summed E-state index contributed by atoms with van der Waals surface area (Å²) in [5.74, 6) is -0.932. The number of aliphatic hydroxyl groups excluding tert-OH is 1. The summed E-state index contributed by atoms with van der Waals surface area (Å²) in [6.45, 7) is 0. The number of hydrogen-bond donors (Lipinski definition) is 1. The summed E-state index contributed by atoms with van der Waals surface area (Å²) in [6, 6.07) is 8.29. The van der Waals surface area contributed by atoms with Crippen molar-refractivity contribution in [2.45, 2.75) is 12.3 Å². The van der Waals surface area contributed by atoms with E-state index in [0.29, 0.717) is 0 Å². The van der Waals surface area contributed by atoms with Crippen LogP contribution in [0.25, 0.3) is 0 Å². The zero-order valence-corrected chi connectivity index (χ0v) is 10.7. The third kappa shape index (κ3) is 2.78. The maximum Gasteiger partial charge on any atom is 0.416 e. The van der Waals surface area contributed by atoms with Crippen molar-refractivity contribution < 1.29 is 22.7 Å². The Labute approximate surface area is 117 Å². The smallest absolute Gasteiger partial charge is 0.384 e. The predicted octanol–water partition coefficient (Wildman–Crippen LogP) is 4.58. The van der Waals surface area contributed by atoms with Gasteiger partial charge in [-0.25, -0.2) is 4.39 Å². The molecule has 0 saturated carbocycles. The molecule has 0 heterocycles. The van der Waals surface area contributed by atoms with Crippen LogP contribution in [0.2, 0.25) is 5.02 Å². The van der Waals surface area contributed by atoms with E-state index in [0.717, 1.165) is 12.1 Å². The van der Waals surface area contributed by atoms with Gasteiger partial charge in [0.1, 0.15) is 11.9 Å². The fourth-order valence-corrected chi connectivity index (χ4v) is 2.07. The third-order valence-electron chi connectivity index (χ3n) is 2.84. The van der Waals surface area contributed by atoms with Crippen LogP contribution in [0.4, 0.5) is 17.6 Å². The highest BCUT2D eigenvalue weighted by Gasteiger charge is 2.35. The molecular formula is C14H9ClF4O. The molecule has 106 valence electrons. The molecular weight excluding hydrogens is 296 g/mol. The number of halogens is 5. The highest BCUT2D eigenvalue weighted by atomic mass is 35.5. The Morgan fingerprint density at radius 3 is 2.20 bits per heavy atom. The van der Waals surface area contributed by atoms with Gasteiger partial charge in [0.25, 0.3) is 0 Å². The van der Waals surface area contributed by atoms with Crippen molar-refractivity contribution in [3.63, 3.8) is 0 Å². The predicted molar refractivity (Wildman–Crippen MR) is 66.9 cm³/mol. The Bertz CT molecular complexity index is 625. The lowest BCUT2D eigenvalue weighted by molar-refractivity contribution is -0.139. The number of alkyl halides is 3. The minimum atomic E-state index is -4.63. The van der Waals surface area contributed by atoms with Crippen molar-refractivity contribution >= 4 is 11.6 Å². The molecule has 0 aliphatic rings. The van der Waals surface area contributed by atoms with E-state index in [-0.39, 0.29) is 10.6 Å². The first-order valence-electron chi connectivity index (χ1n) is 5.60. The van der Waals surface area contributed by atoms with Gasteiger partial charge in [0, 0.05) is 5.56 Å². The molecule has 2 rings (SSSR count). The van der Waals surface area contributed by atoms with E-state index < -0.39 is 29.2 Å². The van der Waals surface area contributed by atoms with Crippen LogP contribution in [0.5, 0.6) is 0 Å². The van der Waals surface area contributed by atoms with Crippen LogP contribution < -0.4 is 0 Å². The van der Waals surface area contributed by atoms with E-state index in [1.807, 2.05) is 0 Å². The largest absolute Gasteiger partial charge is 0.416 e. The minimum absolute atomic E-state index is 0.258. The topological polar surface area (TPSA) is 20.2 Å². The molecule has 6 heteroatoms. The molecule has 1 atom stereocenters. The van der Waals surface area contributed by atoms with Crippen LogP contribution in [0, 0.1) is 5.82 Å². The van der Waals surface area contributed by atoms with Crippen LogP contribution in [0.3, 0.4) is 0 Å². The summed E-state index contributed by atoms with van der Waals surface area (Å²) in [5, 5.41) is 9.78. The number of hydrogen-bond acceptors (Lipinski definition) is 1. The molecule has 1 unspecified atom stereocenters. The minimum Gasteiger partial charge on any atom is -0.384 e. The highest BCUT2D eigenvalue weighted by Crippen LogP contribution is 2.37. The SMILES string of the molecule is OC(c1ccccc1C(F)(F)F)c1cccc(Cl)c1F. The van der Waals surface area contributed by atoms with Crippen molar-refractivity contribution in [1.29, 1.82) is 0 Å². The van der Waals surface area contributed by atoms with Gasteiger partial charge in [-0.2, -0.15) is 13.2 Å². The zero-order valence-electron chi connectivity index (χ0n) is 9.96. The summed E-state index contributed by atoms with van der Waals surface area (Å²) in [4.78, 5) is 0. The van der Waals surface area contributed by atoms with Crippen LogP contribution >= 0.6 is 11.6 Å². The van der Waals surface area contributed by atoms with E-state index in [9.17, 15) is 22.7 Å². The van der Waals surface area contributed by atoms with Gasteiger partial charge >= 0.3 is 6.18 Å². The van der Waals surface area contributed by atoms with E-state index in [2.05, 4.69) is 0 Å². The molecule has 0 aliphatic heterocycles. The van der Waals surface area contributed by atoms with Gasteiger partial charge in [0.2, 0.25) is 0 Å². The van der Waals surface area contributed by atoms with Crippen molar-refractivity contribution in [3.8, 4) is 0 Å². The number of rotatable bonds is 2. The van der Waals surface area contributed by atoms with E-state index in [1.165, 1.54) is 30.3 Å². The Morgan fingerprint density at radius 1 is 0.950 bits per heavy atom. The lowest BCUT2D eigenvalue weighted by Crippen LogP contribution is -2.13. The molecule has 0 saturated heterocycles. The standard InChI is InChI=1S/C14H9ClF4O/c15-11-7-3-5-9(12(11)16)13(20)8-4-1-2-6-10(8)14(17,18)19/h1-7,13,20H. The van der Waals surface area contributed by atoms with Crippen LogP contribution in [-0.2, 0) is 6.18 Å². The van der Waals surface area contributed by atoms with Crippen LogP contribution in [-0.4, -0.2) is 5.11 Å². The Kier molecular flexibility index (Phi) is 4.01. The summed E-state index contributed by atoms with van der Waals surface area (Å²) in [7, 11) is 0. The molecule has 20 heavy (non-hydrogen) atoms. The van der Waals surface area contributed by atoms with Gasteiger partial charge < -0.3 is 5.11 Å². The second-order valence-corrected chi connectivity index (χ2v) is 4.54. The Hall–Kier alpha value is -1.59. The van der Waals surface area contributed by atoms with Crippen LogP contribution in [0.1, 0.15) is 22.8 Å². The number of aliphatic hydroxyl groups is 1. The molecule has 1 nitrogen and oxygen atoms in total. The van der Waals surface area contributed by atoms with Crippen molar-refractivity contribution in [1.82, 2.24) is 0 Å². The molecule has 0 fully saturated rings. The van der Waals surface area contributed by atoms with Gasteiger partial charge in [-0.05, 0) is 17.7 Å². The Balaban J connectivity index is 2.55. The molecule has 0 aliphatic carbocycles. The fraction of sp³-hybridized carbons (Fsp3) is 0.143. The van der Waals surface area contributed by atoms with Crippen molar-refractivity contribution in [3.05, 3.63) is 70.0 Å². The summed E-state index contributed by atoms with van der Waals surface area (Å²) >= 11 is 5.57. The molecule has 0 bridgehead atoms. The van der Waals surface area contributed by atoms with Gasteiger partial charge in [0.05, 0.1) is 10.6 Å². The first kappa shape index (κ1) is 14.8. The van der Waals surface area contributed by atoms with Crippen LogP contribution in [0.15, 0.2) is 42.5 Å². The van der Waals surface area contributed by atoms with Gasteiger partial charge in [-0.1, -0.05) is 41.9 Å². The van der Waals surface area contributed by atoms with E-state index in [1.54, 1.807) is 0 Å². The lowest BCUT2D eigenvalue weighted by atomic mass is 9.96. The first-order chi connectivity index (χ1) is 9.32. The molecule has 2 aromatic carbocycles. The first-order valence-corrected chi connectivity index (χ1v) is 5.98. The zero-order chi connectivity index (χ0) is 14.9. The second-order valence-electron chi connectivity index (χ2n) is 4.13. The van der Waals surface area contributed by atoms with Crippen molar-refractivity contribution in [2.24, 2.45) is 0 Å². The fourth-order valence-electron chi connectivity index (χ4n) is 1.89.